The second-order valence-corrected chi connectivity index (χ2v) is 4.01. The normalized spacial score (nSPS) is 9.74. The number of carboxylic acid groups (broad SMARTS) is 1. The molecule has 0 aliphatic rings. The number of hydrogen-bond donors (Lipinski definition) is 3. The lowest BCUT2D eigenvalue weighted by molar-refractivity contribution is -0.125. The summed E-state index contributed by atoms with van der Waals surface area (Å²) in [6.45, 7) is 1.75. The van der Waals surface area contributed by atoms with E-state index in [4.69, 9.17) is 5.11 Å². The summed E-state index contributed by atoms with van der Waals surface area (Å²) in [7, 11) is 0. The van der Waals surface area contributed by atoms with Crippen molar-refractivity contribution in [1.29, 1.82) is 0 Å². The van der Waals surface area contributed by atoms with Crippen molar-refractivity contribution in [2.75, 3.05) is 13.1 Å². The maximum Gasteiger partial charge on any atom is 0.335 e. The number of carbonyl (C=O) groups is 3. The van der Waals surface area contributed by atoms with Crippen molar-refractivity contribution in [3.8, 4) is 0 Å². The largest absolute Gasteiger partial charge is 0.478 e. The van der Waals surface area contributed by atoms with Crippen molar-refractivity contribution in [3.05, 3.63) is 35.4 Å². The summed E-state index contributed by atoms with van der Waals surface area (Å²) in [6.07, 6.45) is 0.603. The fraction of sp³-hybridized carbons (Fsp3) is 0.308. The van der Waals surface area contributed by atoms with E-state index in [-0.39, 0.29) is 23.9 Å². The Bertz CT molecular complexity index is 468. The Labute approximate surface area is 110 Å². The topological polar surface area (TPSA) is 95.5 Å². The quantitative estimate of drug-likeness (QED) is 0.683. The Morgan fingerprint density at radius 1 is 1.11 bits per heavy atom. The zero-order chi connectivity index (χ0) is 14.3. The van der Waals surface area contributed by atoms with E-state index in [1.165, 1.54) is 19.1 Å². The first-order valence-electron chi connectivity index (χ1n) is 5.82. The van der Waals surface area contributed by atoms with Crippen LogP contribution in [0.5, 0.6) is 0 Å². The summed E-state index contributed by atoms with van der Waals surface area (Å²) >= 11 is 0. The molecule has 1 aromatic rings. The molecule has 0 aliphatic heterocycles. The Morgan fingerprint density at radius 3 is 2.26 bits per heavy atom. The van der Waals surface area contributed by atoms with Gasteiger partial charge in [-0.1, -0.05) is 12.1 Å². The molecule has 6 heteroatoms. The van der Waals surface area contributed by atoms with Gasteiger partial charge in [0.2, 0.25) is 11.8 Å². The van der Waals surface area contributed by atoms with Gasteiger partial charge in [-0.25, -0.2) is 4.79 Å². The minimum absolute atomic E-state index is 0.0344. The maximum absolute atomic E-state index is 11.3. The standard InChI is InChI=1S/C13H16N2O4/c1-9(16)15-8-12(17)14-7-6-10-2-4-11(5-3-10)13(18)19/h2-5H,6-8H2,1H3,(H,14,17)(H,15,16)(H,18,19). The van der Waals surface area contributed by atoms with Crippen molar-refractivity contribution in [2.45, 2.75) is 13.3 Å². The van der Waals surface area contributed by atoms with Crippen molar-refractivity contribution in [2.24, 2.45) is 0 Å². The Hall–Kier alpha value is -2.37. The summed E-state index contributed by atoms with van der Waals surface area (Å²) in [5, 5.41) is 13.8. The van der Waals surface area contributed by atoms with E-state index < -0.39 is 5.97 Å². The third-order valence-corrected chi connectivity index (χ3v) is 2.43. The van der Waals surface area contributed by atoms with E-state index in [0.29, 0.717) is 13.0 Å². The molecular weight excluding hydrogens is 248 g/mol. The summed E-state index contributed by atoms with van der Waals surface area (Å²) < 4.78 is 0. The lowest BCUT2D eigenvalue weighted by Gasteiger charge is -2.06. The molecule has 19 heavy (non-hydrogen) atoms. The predicted octanol–water partition coefficient (Wildman–Crippen LogP) is 0.180. The van der Waals surface area contributed by atoms with E-state index in [2.05, 4.69) is 10.6 Å². The van der Waals surface area contributed by atoms with Crippen LogP contribution in [0.1, 0.15) is 22.8 Å². The number of amides is 2. The molecule has 0 saturated carbocycles. The Morgan fingerprint density at radius 2 is 1.74 bits per heavy atom. The van der Waals surface area contributed by atoms with Gasteiger partial charge in [-0.05, 0) is 24.1 Å². The summed E-state index contributed by atoms with van der Waals surface area (Å²) in [6, 6.07) is 6.47. The number of benzene rings is 1. The zero-order valence-electron chi connectivity index (χ0n) is 10.6. The van der Waals surface area contributed by atoms with Gasteiger partial charge in [0.1, 0.15) is 0 Å². The third kappa shape index (κ3) is 5.67. The maximum atomic E-state index is 11.3. The van der Waals surface area contributed by atoms with Gasteiger partial charge < -0.3 is 15.7 Å². The van der Waals surface area contributed by atoms with E-state index in [1.54, 1.807) is 12.1 Å². The molecule has 102 valence electrons. The van der Waals surface area contributed by atoms with E-state index in [9.17, 15) is 14.4 Å². The number of rotatable bonds is 6. The molecule has 6 nitrogen and oxygen atoms in total. The summed E-state index contributed by atoms with van der Waals surface area (Å²) in [5.41, 5.74) is 1.17. The van der Waals surface area contributed by atoms with Gasteiger partial charge in [0, 0.05) is 13.5 Å². The van der Waals surface area contributed by atoms with E-state index >= 15 is 0 Å². The van der Waals surface area contributed by atoms with Gasteiger partial charge in [-0.2, -0.15) is 0 Å². The Balaban J connectivity index is 2.31. The number of aromatic carboxylic acids is 1. The van der Waals surface area contributed by atoms with Crippen molar-refractivity contribution in [1.82, 2.24) is 10.6 Å². The van der Waals surface area contributed by atoms with E-state index in [1.807, 2.05) is 0 Å². The van der Waals surface area contributed by atoms with Gasteiger partial charge in [0.25, 0.3) is 0 Å². The van der Waals surface area contributed by atoms with Crippen molar-refractivity contribution < 1.29 is 19.5 Å². The van der Waals surface area contributed by atoms with Crippen LogP contribution >= 0.6 is 0 Å². The molecule has 0 saturated heterocycles. The molecule has 1 aromatic carbocycles. The average molecular weight is 264 g/mol. The van der Waals surface area contributed by atoms with Gasteiger partial charge in [0.15, 0.2) is 0 Å². The van der Waals surface area contributed by atoms with Gasteiger partial charge in [0.05, 0.1) is 12.1 Å². The average Bonchev–Trinajstić information content (AvgIpc) is 2.37. The minimum atomic E-state index is -0.963. The first-order valence-corrected chi connectivity index (χ1v) is 5.82. The first kappa shape index (κ1) is 14.7. The molecule has 0 heterocycles. The van der Waals surface area contributed by atoms with Crippen molar-refractivity contribution >= 4 is 17.8 Å². The highest BCUT2D eigenvalue weighted by molar-refractivity contribution is 5.87. The molecular formula is C13H16N2O4. The number of nitrogens with one attached hydrogen (secondary N) is 2. The van der Waals surface area contributed by atoms with Crippen LogP contribution in [0, 0.1) is 0 Å². The molecule has 0 radical (unpaired) electrons. The predicted molar refractivity (Wildman–Crippen MR) is 68.8 cm³/mol. The molecule has 0 fully saturated rings. The van der Waals surface area contributed by atoms with Crippen LogP contribution in [-0.4, -0.2) is 36.0 Å². The highest BCUT2D eigenvalue weighted by Crippen LogP contribution is 2.04. The number of carbonyl (C=O) groups excluding carboxylic acids is 2. The van der Waals surface area contributed by atoms with Crippen LogP contribution in [0.15, 0.2) is 24.3 Å². The van der Waals surface area contributed by atoms with Crippen molar-refractivity contribution in [3.63, 3.8) is 0 Å². The molecule has 0 aliphatic carbocycles. The highest BCUT2D eigenvalue weighted by Gasteiger charge is 2.03. The minimum Gasteiger partial charge on any atom is -0.478 e. The molecule has 0 bridgehead atoms. The zero-order valence-corrected chi connectivity index (χ0v) is 10.6. The monoisotopic (exact) mass is 264 g/mol. The first-order chi connectivity index (χ1) is 8.99. The van der Waals surface area contributed by atoms with Crippen LogP contribution in [0.4, 0.5) is 0 Å². The lowest BCUT2D eigenvalue weighted by Crippen LogP contribution is -2.36. The fourth-order valence-electron chi connectivity index (χ4n) is 1.43. The van der Waals surface area contributed by atoms with Crippen LogP contribution in [0.2, 0.25) is 0 Å². The number of hydrogen-bond acceptors (Lipinski definition) is 3. The highest BCUT2D eigenvalue weighted by atomic mass is 16.4. The molecule has 1 rings (SSSR count). The van der Waals surface area contributed by atoms with Gasteiger partial charge in [-0.15, -0.1) is 0 Å². The molecule has 0 atom stereocenters. The SMILES string of the molecule is CC(=O)NCC(=O)NCCc1ccc(C(=O)O)cc1. The lowest BCUT2D eigenvalue weighted by atomic mass is 10.1. The second kappa shape index (κ2) is 7.15. The summed E-state index contributed by atoms with van der Waals surface area (Å²) in [5.74, 6) is -1.47. The molecule has 0 spiro atoms. The molecule has 3 N–H and O–H groups in total. The van der Waals surface area contributed by atoms with Crippen LogP contribution < -0.4 is 10.6 Å². The molecule has 2 amide bonds. The summed E-state index contributed by atoms with van der Waals surface area (Å²) in [4.78, 5) is 32.5. The number of carboxylic acids is 1. The molecule has 0 unspecified atom stereocenters. The fourth-order valence-corrected chi connectivity index (χ4v) is 1.43. The smallest absolute Gasteiger partial charge is 0.335 e. The van der Waals surface area contributed by atoms with Gasteiger partial charge >= 0.3 is 5.97 Å². The Kier molecular flexibility index (Phi) is 5.53. The van der Waals surface area contributed by atoms with Crippen LogP contribution in [0.25, 0.3) is 0 Å². The van der Waals surface area contributed by atoms with Crippen LogP contribution in [0.3, 0.4) is 0 Å². The van der Waals surface area contributed by atoms with E-state index in [0.717, 1.165) is 5.56 Å². The second-order valence-electron chi connectivity index (χ2n) is 4.01. The third-order valence-electron chi connectivity index (χ3n) is 2.43. The molecule has 0 aromatic heterocycles. The van der Waals surface area contributed by atoms with Crippen LogP contribution in [-0.2, 0) is 16.0 Å². The van der Waals surface area contributed by atoms with Gasteiger partial charge in [-0.3, -0.25) is 9.59 Å².